The first-order chi connectivity index (χ1) is 18.8. The van der Waals surface area contributed by atoms with Crippen molar-refractivity contribution in [1.82, 2.24) is 19.1 Å². The Hall–Kier alpha value is -4.93. The van der Waals surface area contributed by atoms with E-state index in [2.05, 4.69) is 15.0 Å². The van der Waals surface area contributed by atoms with Crippen LogP contribution in [0.3, 0.4) is 0 Å². The van der Waals surface area contributed by atoms with E-state index in [9.17, 15) is 14.4 Å². The molecule has 11 heteroatoms. The Bertz CT molecular complexity index is 1640. The number of methoxy groups -OCH3 is 2. The van der Waals surface area contributed by atoms with Crippen LogP contribution in [0.15, 0.2) is 81.3 Å². The zero-order valence-electron chi connectivity index (χ0n) is 22.1. The van der Waals surface area contributed by atoms with Crippen molar-refractivity contribution in [3.8, 4) is 17.5 Å². The Kier molecular flexibility index (Phi) is 8.40. The lowest BCUT2D eigenvalue weighted by atomic mass is 10.1. The monoisotopic (exact) mass is 531 g/mol. The Morgan fingerprint density at radius 1 is 0.974 bits per heavy atom. The lowest BCUT2D eigenvalue weighted by Gasteiger charge is -2.14. The molecule has 2 aromatic heterocycles. The van der Waals surface area contributed by atoms with Crippen LogP contribution in [0.1, 0.15) is 18.1 Å². The van der Waals surface area contributed by atoms with Crippen molar-refractivity contribution in [2.45, 2.75) is 26.9 Å². The summed E-state index contributed by atoms with van der Waals surface area (Å²) in [5.74, 6) is 0.0894. The van der Waals surface area contributed by atoms with Gasteiger partial charge in [0, 0.05) is 18.7 Å². The van der Waals surface area contributed by atoms with Gasteiger partial charge in [0.15, 0.2) is 0 Å². The second-order valence-corrected chi connectivity index (χ2v) is 8.87. The Morgan fingerprint density at radius 2 is 1.67 bits per heavy atom. The van der Waals surface area contributed by atoms with E-state index < -0.39 is 23.3 Å². The number of esters is 1. The van der Waals surface area contributed by atoms with E-state index in [1.165, 1.54) is 18.8 Å². The number of nitrogens with zero attached hydrogens (tertiary/aromatic N) is 4. The quantitative estimate of drug-likeness (QED) is 0.329. The number of carbonyl (C=O) groups is 1. The second-order valence-electron chi connectivity index (χ2n) is 8.87. The number of nitrogens with one attached hydrogen (secondary N) is 1. The molecule has 2 heterocycles. The highest BCUT2D eigenvalue weighted by Crippen LogP contribution is 2.23. The highest BCUT2D eigenvalue weighted by atomic mass is 16.5. The number of pyridine rings is 1. The van der Waals surface area contributed by atoms with E-state index in [1.54, 1.807) is 49.4 Å². The first-order valence-electron chi connectivity index (χ1n) is 12.2. The van der Waals surface area contributed by atoms with Gasteiger partial charge in [-0.15, -0.1) is 0 Å². The maximum atomic E-state index is 13.5. The van der Waals surface area contributed by atoms with Crippen LogP contribution >= 0.6 is 0 Å². The molecule has 2 aromatic carbocycles. The summed E-state index contributed by atoms with van der Waals surface area (Å²) in [6.07, 6.45) is 0. The van der Waals surface area contributed by atoms with Crippen LogP contribution in [0.2, 0.25) is 0 Å². The number of H-pyrrole nitrogens is 1. The molecule has 1 N–H and O–H groups in total. The Labute approximate surface area is 224 Å². The number of hydrogen-bond donors (Lipinski definition) is 1. The average Bonchev–Trinajstić information content (AvgIpc) is 2.94. The Morgan fingerprint density at radius 3 is 2.33 bits per heavy atom. The van der Waals surface area contributed by atoms with Gasteiger partial charge in [-0.2, -0.15) is 4.98 Å². The number of aromatic nitrogens is 4. The van der Waals surface area contributed by atoms with Gasteiger partial charge in [-0.25, -0.2) is 19.1 Å². The minimum absolute atomic E-state index is 0.0654. The highest BCUT2D eigenvalue weighted by molar-refractivity contribution is 5.71. The van der Waals surface area contributed by atoms with E-state index >= 15 is 0 Å². The van der Waals surface area contributed by atoms with Crippen LogP contribution in [0.5, 0.6) is 17.5 Å². The number of aromatic amines is 1. The molecule has 0 saturated heterocycles. The zero-order valence-corrected chi connectivity index (χ0v) is 22.1. The second kappa shape index (κ2) is 12.1. The molecule has 0 aliphatic rings. The number of aryl methyl sites for hydroxylation is 1. The minimum Gasteiger partial charge on any atom is -0.481 e. The third-order valence-electron chi connectivity index (χ3n) is 5.90. The molecule has 4 aromatic rings. The highest BCUT2D eigenvalue weighted by Gasteiger charge is 2.18. The van der Waals surface area contributed by atoms with Crippen LogP contribution in [-0.4, -0.2) is 39.3 Å². The standard InChI is InChI=1S/C28H29N5O6/c1-18-8-10-20(11-9-18)17-32-26(31-27(35)33(28(32)36)16-19(2)25(34)38-4)29-21-12-14-22(15-13-21)39-24-7-5-6-23(30-24)37-3/h5-15,19H,16-17H2,1-4H3,(H,29,31,35)/t19-/m0/s1. The molecule has 0 aliphatic carbocycles. The van der Waals surface area contributed by atoms with E-state index in [1.807, 2.05) is 31.2 Å². The van der Waals surface area contributed by atoms with Crippen molar-refractivity contribution in [3.63, 3.8) is 0 Å². The summed E-state index contributed by atoms with van der Waals surface area (Å²) < 4.78 is 18.0. The predicted octanol–water partition coefficient (Wildman–Crippen LogP) is 2.93. The van der Waals surface area contributed by atoms with Crippen LogP contribution in [0.25, 0.3) is 0 Å². The molecule has 0 bridgehead atoms. The fraction of sp³-hybridized carbons (Fsp3) is 0.250. The fourth-order valence-corrected chi connectivity index (χ4v) is 3.77. The molecule has 0 amide bonds. The fourth-order valence-electron chi connectivity index (χ4n) is 3.77. The average molecular weight is 532 g/mol. The number of rotatable bonds is 9. The summed E-state index contributed by atoms with van der Waals surface area (Å²) >= 11 is 0. The summed E-state index contributed by atoms with van der Waals surface area (Å²) in [5, 5.41) is 0. The van der Waals surface area contributed by atoms with Crippen molar-refractivity contribution in [3.05, 3.63) is 104 Å². The SMILES string of the molecule is COC(=O)[C@@H](C)Cn1c(=O)[nH]/c(=N\c2ccc(Oc3cccc(OC)n3)cc2)n(Cc2ccc(C)cc2)c1=O. The summed E-state index contributed by atoms with van der Waals surface area (Å²) in [6, 6.07) is 19.6. The van der Waals surface area contributed by atoms with Crippen molar-refractivity contribution in [2.24, 2.45) is 10.9 Å². The first kappa shape index (κ1) is 27.1. The zero-order chi connectivity index (χ0) is 27.9. The van der Waals surface area contributed by atoms with Gasteiger partial charge in [-0.1, -0.05) is 42.8 Å². The summed E-state index contributed by atoms with van der Waals surface area (Å²) in [4.78, 5) is 49.8. The molecular formula is C28H29N5O6. The van der Waals surface area contributed by atoms with E-state index in [4.69, 9.17) is 14.2 Å². The van der Waals surface area contributed by atoms with E-state index in [-0.39, 0.29) is 18.7 Å². The van der Waals surface area contributed by atoms with Gasteiger partial charge < -0.3 is 14.2 Å². The normalized spacial score (nSPS) is 12.2. The third-order valence-corrected chi connectivity index (χ3v) is 5.90. The smallest absolute Gasteiger partial charge is 0.335 e. The largest absolute Gasteiger partial charge is 0.481 e. The molecule has 11 nitrogen and oxygen atoms in total. The van der Waals surface area contributed by atoms with Crippen molar-refractivity contribution >= 4 is 11.7 Å². The van der Waals surface area contributed by atoms with Gasteiger partial charge in [-0.3, -0.25) is 14.3 Å². The molecule has 0 spiro atoms. The molecule has 0 saturated carbocycles. The predicted molar refractivity (Wildman–Crippen MR) is 143 cm³/mol. The summed E-state index contributed by atoms with van der Waals surface area (Å²) in [6.45, 7) is 3.57. The van der Waals surface area contributed by atoms with Crippen molar-refractivity contribution < 1.29 is 19.0 Å². The number of hydrogen-bond acceptors (Lipinski definition) is 8. The van der Waals surface area contributed by atoms with Gasteiger partial charge in [0.05, 0.1) is 32.4 Å². The van der Waals surface area contributed by atoms with Gasteiger partial charge in [0.25, 0.3) is 0 Å². The number of ether oxygens (including phenoxy) is 3. The van der Waals surface area contributed by atoms with Gasteiger partial charge in [0.1, 0.15) is 5.75 Å². The van der Waals surface area contributed by atoms with Crippen molar-refractivity contribution in [1.29, 1.82) is 0 Å². The van der Waals surface area contributed by atoms with Gasteiger partial charge in [0.2, 0.25) is 17.4 Å². The summed E-state index contributed by atoms with van der Waals surface area (Å²) in [7, 11) is 2.78. The van der Waals surface area contributed by atoms with E-state index in [0.717, 1.165) is 15.7 Å². The molecule has 202 valence electrons. The molecule has 4 rings (SSSR count). The lowest BCUT2D eigenvalue weighted by Crippen LogP contribution is -2.51. The van der Waals surface area contributed by atoms with Crippen LogP contribution < -0.4 is 26.5 Å². The molecule has 0 fully saturated rings. The molecular weight excluding hydrogens is 502 g/mol. The van der Waals surface area contributed by atoms with Gasteiger partial charge >= 0.3 is 17.3 Å². The first-order valence-corrected chi connectivity index (χ1v) is 12.2. The minimum atomic E-state index is -0.698. The summed E-state index contributed by atoms with van der Waals surface area (Å²) in [5.41, 5.74) is 1.18. The van der Waals surface area contributed by atoms with E-state index in [0.29, 0.717) is 23.2 Å². The van der Waals surface area contributed by atoms with Crippen molar-refractivity contribution in [2.75, 3.05) is 14.2 Å². The van der Waals surface area contributed by atoms with Crippen LogP contribution in [0.4, 0.5) is 5.69 Å². The lowest BCUT2D eigenvalue weighted by molar-refractivity contribution is -0.145. The maximum Gasteiger partial charge on any atom is 0.335 e. The molecule has 1 atom stereocenters. The van der Waals surface area contributed by atoms with Crippen LogP contribution in [0, 0.1) is 12.8 Å². The van der Waals surface area contributed by atoms with Crippen LogP contribution in [-0.2, 0) is 22.6 Å². The molecule has 39 heavy (non-hydrogen) atoms. The molecule has 0 aliphatic heterocycles. The van der Waals surface area contributed by atoms with Gasteiger partial charge in [-0.05, 0) is 36.8 Å². The maximum absolute atomic E-state index is 13.5. The molecule has 0 radical (unpaired) electrons. The third kappa shape index (κ3) is 6.69. The number of carbonyl (C=O) groups excluding carboxylic acids is 1. The Balaban J connectivity index is 1.72. The topological polar surface area (TPSA) is 130 Å². The number of benzene rings is 2. The molecule has 0 unspecified atom stereocenters.